The Morgan fingerprint density at radius 3 is 2.68 bits per heavy atom. The van der Waals surface area contributed by atoms with E-state index in [1.54, 1.807) is 14.0 Å². The molecular formula is C12H18BrN3O3. The van der Waals surface area contributed by atoms with Crippen LogP contribution in [0.2, 0.25) is 0 Å². The molecule has 19 heavy (non-hydrogen) atoms. The molecule has 0 spiro atoms. The van der Waals surface area contributed by atoms with Crippen molar-refractivity contribution in [1.29, 1.82) is 0 Å². The highest BCUT2D eigenvalue weighted by molar-refractivity contribution is 9.10. The van der Waals surface area contributed by atoms with E-state index in [9.17, 15) is 14.7 Å². The highest BCUT2D eigenvalue weighted by Gasteiger charge is 2.23. The van der Waals surface area contributed by atoms with Gasteiger partial charge in [0.05, 0.1) is 22.3 Å². The van der Waals surface area contributed by atoms with E-state index >= 15 is 0 Å². The lowest BCUT2D eigenvalue weighted by molar-refractivity contribution is 0.172. The van der Waals surface area contributed by atoms with E-state index in [1.807, 2.05) is 6.92 Å². The number of nitrogens with zero attached hydrogens (tertiary/aromatic N) is 1. The third-order valence-electron chi connectivity index (χ3n) is 2.94. The number of pyridine rings is 1. The van der Waals surface area contributed by atoms with Crippen LogP contribution in [0, 0.1) is 0 Å². The molecule has 1 heterocycles. The second-order valence-electron chi connectivity index (χ2n) is 4.64. The molecule has 1 aromatic rings. The summed E-state index contributed by atoms with van der Waals surface area (Å²) >= 11 is 3.13. The summed E-state index contributed by atoms with van der Waals surface area (Å²) in [5.74, 6) is 0. The molecule has 6 nitrogen and oxygen atoms in total. The number of anilines is 1. The van der Waals surface area contributed by atoms with Gasteiger partial charge in [-0.05, 0) is 35.3 Å². The van der Waals surface area contributed by atoms with Crippen molar-refractivity contribution in [2.24, 2.45) is 7.05 Å². The number of carbonyl (C=O) groups excluding carboxylic acids is 1. The van der Waals surface area contributed by atoms with Crippen LogP contribution in [-0.2, 0) is 7.05 Å². The molecule has 1 unspecified atom stereocenters. The number of halogens is 1. The number of hydrogen-bond donors (Lipinski definition) is 3. The van der Waals surface area contributed by atoms with Gasteiger partial charge in [-0.15, -0.1) is 0 Å². The van der Waals surface area contributed by atoms with Gasteiger partial charge in [-0.3, -0.25) is 4.79 Å². The number of rotatable bonds is 4. The zero-order valence-corrected chi connectivity index (χ0v) is 12.7. The monoisotopic (exact) mass is 331 g/mol. The Kier molecular flexibility index (Phi) is 5.13. The van der Waals surface area contributed by atoms with Gasteiger partial charge in [-0.2, -0.15) is 0 Å². The first-order valence-electron chi connectivity index (χ1n) is 5.87. The molecule has 1 rings (SSSR count). The van der Waals surface area contributed by atoms with E-state index in [1.165, 1.54) is 16.8 Å². The highest BCUT2D eigenvalue weighted by atomic mass is 79.9. The first-order valence-corrected chi connectivity index (χ1v) is 6.67. The predicted octanol–water partition coefficient (Wildman–Crippen LogP) is 1.43. The number of hydrogen-bond acceptors (Lipinski definition) is 3. The summed E-state index contributed by atoms with van der Waals surface area (Å²) in [6, 6.07) is 1.10. The fraction of sp³-hybridized carbons (Fsp3) is 0.500. The zero-order chi connectivity index (χ0) is 14.6. The van der Waals surface area contributed by atoms with Crippen LogP contribution in [0.15, 0.2) is 21.5 Å². The van der Waals surface area contributed by atoms with Crippen molar-refractivity contribution in [3.05, 3.63) is 27.1 Å². The number of carbonyl (C=O) groups is 1. The van der Waals surface area contributed by atoms with Crippen LogP contribution in [0.25, 0.3) is 0 Å². The first kappa shape index (κ1) is 15.7. The summed E-state index contributed by atoms with van der Waals surface area (Å²) in [5.41, 5.74) is -0.357. The molecule has 3 N–H and O–H groups in total. The molecule has 0 aliphatic rings. The summed E-state index contributed by atoms with van der Waals surface area (Å²) in [6.45, 7) is 3.48. The normalized spacial score (nSPS) is 13.7. The maximum Gasteiger partial charge on any atom is 0.319 e. The summed E-state index contributed by atoms with van der Waals surface area (Å²) in [5, 5.41) is 14.5. The fourth-order valence-corrected chi connectivity index (χ4v) is 1.94. The topological polar surface area (TPSA) is 83.4 Å². The summed E-state index contributed by atoms with van der Waals surface area (Å²) in [7, 11) is 1.60. The minimum absolute atomic E-state index is 0.145. The average Bonchev–Trinajstić information content (AvgIpc) is 2.35. The molecule has 0 saturated heterocycles. The average molecular weight is 332 g/mol. The summed E-state index contributed by atoms with van der Waals surface area (Å²) < 4.78 is 1.73. The second kappa shape index (κ2) is 6.21. The van der Waals surface area contributed by atoms with Gasteiger partial charge < -0.3 is 20.3 Å². The Labute approximate surface area is 120 Å². The summed E-state index contributed by atoms with van der Waals surface area (Å²) in [4.78, 5) is 23.3. The molecule has 7 heteroatoms. The number of aliphatic hydroxyl groups is 1. The molecule has 2 amide bonds. The van der Waals surface area contributed by atoms with Gasteiger partial charge in [0.15, 0.2) is 0 Å². The number of nitrogens with one attached hydrogen (secondary N) is 2. The third kappa shape index (κ3) is 4.07. The number of urea groups is 1. The maximum absolute atomic E-state index is 11.8. The predicted molar refractivity (Wildman–Crippen MR) is 77.3 cm³/mol. The van der Waals surface area contributed by atoms with Crippen LogP contribution in [-0.4, -0.2) is 27.9 Å². The van der Waals surface area contributed by atoms with Crippen LogP contribution in [0.4, 0.5) is 10.5 Å². The van der Waals surface area contributed by atoms with Crippen molar-refractivity contribution >= 4 is 27.6 Å². The molecular weight excluding hydrogens is 314 g/mol. The number of amides is 2. The van der Waals surface area contributed by atoms with Crippen molar-refractivity contribution in [2.45, 2.75) is 25.8 Å². The van der Waals surface area contributed by atoms with Crippen LogP contribution in [0.1, 0.15) is 20.3 Å². The molecule has 0 aliphatic heterocycles. The van der Waals surface area contributed by atoms with Crippen LogP contribution >= 0.6 is 15.9 Å². The third-order valence-corrected chi connectivity index (χ3v) is 3.51. The van der Waals surface area contributed by atoms with Crippen molar-refractivity contribution < 1.29 is 9.90 Å². The lowest BCUT2D eigenvalue weighted by atomic mass is 10.0. The first-order chi connectivity index (χ1) is 8.81. The quantitative estimate of drug-likeness (QED) is 0.780. The van der Waals surface area contributed by atoms with Crippen molar-refractivity contribution in [1.82, 2.24) is 9.88 Å². The van der Waals surface area contributed by atoms with Gasteiger partial charge >= 0.3 is 6.03 Å². The standard InChI is InChI=1S/C12H18BrN3O3/c1-4-12(2,7-17)15-11(19)14-8-5-9(13)10(18)16(3)6-8/h5-6,17H,4,7H2,1-3H3,(H2,14,15,19). The Morgan fingerprint density at radius 2 is 2.21 bits per heavy atom. The van der Waals surface area contributed by atoms with E-state index in [-0.39, 0.29) is 12.2 Å². The second-order valence-corrected chi connectivity index (χ2v) is 5.50. The fourth-order valence-electron chi connectivity index (χ4n) is 1.42. The Morgan fingerprint density at radius 1 is 1.58 bits per heavy atom. The van der Waals surface area contributed by atoms with Crippen LogP contribution in [0.5, 0.6) is 0 Å². The van der Waals surface area contributed by atoms with Crippen molar-refractivity contribution in [2.75, 3.05) is 11.9 Å². The lowest BCUT2D eigenvalue weighted by Crippen LogP contribution is -2.50. The van der Waals surface area contributed by atoms with Crippen molar-refractivity contribution in [3.8, 4) is 0 Å². The molecule has 0 bridgehead atoms. The van der Waals surface area contributed by atoms with Crippen LogP contribution < -0.4 is 16.2 Å². The Hall–Kier alpha value is -1.34. The smallest absolute Gasteiger partial charge is 0.319 e. The van der Waals surface area contributed by atoms with Gasteiger partial charge in [0, 0.05) is 13.2 Å². The lowest BCUT2D eigenvalue weighted by Gasteiger charge is -2.27. The summed E-state index contributed by atoms with van der Waals surface area (Å²) in [6.07, 6.45) is 2.13. The molecule has 0 aliphatic carbocycles. The molecule has 0 aromatic carbocycles. The van der Waals surface area contributed by atoms with Gasteiger partial charge in [0.2, 0.25) is 0 Å². The number of aryl methyl sites for hydroxylation is 1. The van der Waals surface area contributed by atoms with Gasteiger partial charge in [0.1, 0.15) is 0 Å². The van der Waals surface area contributed by atoms with E-state index < -0.39 is 11.6 Å². The molecule has 1 aromatic heterocycles. The van der Waals surface area contributed by atoms with E-state index in [0.717, 1.165) is 0 Å². The zero-order valence-electron chi connectivity index (χ0n) is 11.2. The van der Waals surface area contributed by atoms with Crippen molar-refractivity contribution in [3.63, 3.8) is 0 Å². The van der Waals surface area contributed by atoms with Gasteiger partial charge in [-0.1, -0.05) is 6.92 Å². The minimum atomic E-state index is -0.665. The molecule has 0 radical (unpaired) electrons. The minimum Gasteiger partial charge on any atom is -0.394 e. The highest BCUT2D eigenvalue weighted by Crippen LogP contribution is 2.12. The van der Waals surface area contributed by atoms with Crippen LogP contribution in [0.3, 0.4) is 0 Å². The van der Waals surface area contributed by atoms with Gasteiger partial charge in [0.25, 0.3) is 5.56 Å². The van der Waals surface area contributed by atoms with E-state index in [4.69, 9.17) is 0 Å². The number of aromatic nitrogens is 1. The Balaban J connectivity index is 2.81. The van der Waals surface area contributed by atoms with E-state index in [0.29, 0.717) is 16.6 Å². The molecule has 0 fully saturated rings. The SMILES string of the molecule is CCC(C)(CO)NC(=O)Nc1cc(Br)c(=O)n(C)c1. The molecule has 106 valence electrons. The maximum atomic E-state index is 11.8. The Bertz CT molecular complexity index is 497. The largest absolute Gasteiger partial charge is 0.394 e. The molecule has 0 saturated carbocycles. The van der Waals surface area contributed by atoms with Gasteiger partial charge in [-0.25, -0.2) is 4.79 Å². The number of aliphatic hydroxyl groups excluding tert-OH is 1. The van der Waals surface area contributed by atoms with E-state index in [2.05, 4.69) is 26.6 Å². The molecule has 1 atom stereocenters.